The Labute approximate surface area is 125 Å². The lowest BCUT2D eigenvalue weighted by molar-refractivity contribution is -0.154. The van der Waals surface area contributed by atoms with Crippen LogP contribution in [0.3, 0.4) is 0 Å². The summed E-state index contributed by atoms with van der Waals surface area (Å²) in [5.41, 5.74) is 0.942. The Morgan fingerprint density at radius 1 is 1.14 bits per heavy atom. The lowest BCUT2D eigenvalue weighted by atomic mass is 10.1. The number of carbonyl (C=O) groups excluding carboxylic acids is 2. The molecule has 0 saturated carbocycles. The Kier molecular flexibility index (Phi) is 7.03. The van der Waals surface area contributed by atoms with Crippen molar-refractivity contribution < 1.29 is 19.1 Å². The molecule has 0 aromatic heterocycles. The molecule has 2 unspecified atom stereocenters. The third-order valence-corrected chi connectivity index (χ3v) is 2.89. The zero-order valence-corrected chi connectivity index (χ0v) is 12.4. The molecule has 0 saturated heterocycles. The molecule has 0 aliphatic rings. The second kappa shape index (κ2) is 8.80. The summed E-state index contributed by atoms with van der Waals surface area (Å²) >= 11 is 0. The Morgan fingerprint density at radius 3 is 2.24 bits per heavy atom. The number of carbonyl (C=O) groups is 2. The maximum atomic E-state index is 11.8. The molecular formula is C17H20O4. The van der Waals surface area contributed by atoms with E-state index in [-0.39, 0.29) is 18.9 Å². The second-order valence-electron chi connectivity index (χ2n) is 4.60. The predicted molar refractivity (Wildman–Crippen MR) is 79.2 cm³/mol. The number of hydrogen-bond acceptors (Lipinski definition) is 4. The molecule has 1 aromatic carbocycles. The zero-order chi connectivity index (χ0) is 15.7. The molecule has 0 fully saturated rings. The maximum Gasteiger partial charge on any atom is 0.307 e. The summed E-state index contributed by atoms with van der Waals surface area (Å²) in [5, 5.41) is 0. The zero-order valence-electron chi connectivity index (χ0n) is 12.4. The number of ether oxygens (including phenoxy) is 2. The summed E-state index contributed by atoms with van der Waals surface area (Å²) in [6.07, 6.45) is 4.86. The summed E-state index contributed by atoms with van der Waals surface area (Å²) in [6, 6.07) is 9.50. The van der Waals surface area contributed by atoms with Crippen molar-refractivity contribution in [2.45, 2.75) is 45.3 Å². The van der Waals surface area contributed by atoms with Crippen molar-refractivity contribution in [1.82, 2.24) is 0 Å². The van der Waals surface area contributed by atoms with E-state index in [1.807, 2.05) is 37.3 Å². The number of benzene rings is 1. The third-order valence-electron chi connectivity index (χ3n) is 2.89. The van der Waals surface area contributed by atoms with E-state index < -0.39 is 18.0 Å². The van der Waals surface area contributed by atoms with Crippen molar-refractivity contribution >= 4 is 11.9 Å². The quantitative estimate of drug-likeness (QED) is 0.571. The van der Waals surface area contributed by atoms with Crippen molar-refractivity contribution in [2.24, 2.45) is 0 Å². The van der Waals surface area contributed by atoms with Gasteiger partial charge in [0, 0.05) is 0 Å². The molecule has 112 valence electrons. The van der Waals surface area contributed by atoms with Crippen LogP contribution >= 0.6 is 0 Å². The van der Waals surface area contributed by atoms with Gasteiger partial charge in [0.05, 0.1) is 12.8 Å². The van der Waals surface area contributed by atoms with Crippen LogP contribution in [-0.2, 0) is 19.1 Å². The molecule has 0 spiro atoms. The molecule has 0 aliphatic carbocycles. The van der Waals surface area contributed by atoms with Gasteiger partial charge in [0.25, 0.3) is 0 Å². The van der Waals surface area contributed by atoms with Gasteiger partial charge in [0.1, 0.15) is 6.10 Å². The largest absolute Gasteiger partial charge is 0.457 e. The van der Waals surface area contributed by atoms with Crippen LogP contribution in [0.2, 0.25) is 0 Å². The van der Waals surface area contributed by atoms with Gasteiger partial charge < -0.3 is 9.47 Å². The van der Waals surface area contributed by atoms with Gasteiger partial charge in [-0.25, -0.2) is 0 Å². The lowest BCUT2D eigenvalue weighted by Gasteiger charge is -2.16. The fourth-order valence-electron chi connectivity index (χ4n) is 1.77. The lowest BCUT2D eigenvalue weighted by Crippen LogP contribution is -2.16. The van der Waals surface area contributed by atoms with E-state index in [0.717, 1.165) is 5.56 Å². The van der Waals surface area contributed by atoms with Crippen molar-refractivity contribution in [3.63, 3.8) is 0 Å². The molecule has 0 heterocycles. The van der Waals surface area contributed by atoms with Crippen molar-refractivity contribution in [3.8, 4) is 12.3 Å². The molecule has 0 aliphatic heterocycles. The number of hydrogen-bond donors (Lipinski definition) is 0. The molecule has 1 aromatic rings. The van der Waals surface area contributed by atoms with Crippen molar-refractivity contribution in [2.75, 3.05) is 0 Å². The first-order chi connectivity index (χ1) is 10.1. The van der Waals surface area contributed by atoms with Gasteiger partial charge in [-0.15, -0.1) is 6.42 Å². The number of rotatable bonds is 7. The Hall–Kier alpha value is -2.28. The molecule has 0 bridgehead atoms. The molecule has 1 rings (SSSR count). The van der Waals surface area contributed by atoms with Gasteiger partial charge in [0.2, 0.25) is 0 Å². The average Bonchev–Trinajstić information content (AvgIpc) is 2.51. The second-order valence-corrected chi connectivity index (χ2v) is 4.60. The van der Waals surface area contributed by atoms with Crippen LogP contribution in [0.1, 0.15) is 44.8 Å². The van der Waals surface area contributed by atoms with E-state index in [4.69, 9.17) is 15.9 Å². The average molecular weight is 288 g/mol. The highest BCUT2D eigenvalue weighted by atomic mass is 16.5. The Balaban J connectivity index is 2.42. The maximum absolute atomic E-state index is 11.8. The minimum atomic E-state index is -0.582. The smallest absolute Gasteiger partial charge is 0.307 e. The van der Waals surface area contributed by atoms with Gasteiger partial charge in [-0.3, -0.25) is 9.59 Å². The van der Waals surface area contributed by atoms with E-state index in [1.54, 1.807) is 6.92 Å². The molecule has 0 N–H and O–H groups in total. The summed E-state index contributed by atoms with van der Waals surface area (Å²) in [7, 11) is 0. The van der Waals surface area contributed by atoms with Crippen LogP contribution in [0.5, 0.6) is 0 Å². The van der Waals surface area contributed by atoms with E-state index >= 15 is 0 Å². The Morgan fingerprint density at radius 2 is 1.71 bits per heavy atom. The van der Waals surface area contributed by atoms with Gasteiger partial charge in [-0.1, -0.05) is 43.2 Å². The molecular weight excluding hydrogens is 268 g/mol. The topological polar surface area (TPSA) is 52.6 Å². The predicted octanol–water partition coefficient (Wildman–Crippen LogP) is 3.03. The SMILES string of the molecule is C#CC(C)OC(=O)CCC(=O)OC(CC)c1ccccc1. The molecule has 4 heteroatoms. The number of terminal acetylenes is 1. The van der Waals surface area contributed by atoms with E-state index in [9.17, 15) is 9.59 Å². The van der Waals surface area contributed by atoms with Crippen LogP contribution < -0.4 is 0 Å². The van der Waals surface area contributed by atoms with Gasteiger partial charge in [0.15, 0.2) is 6.10 Å². The van der Waals surface area contributed by atoms with Gasteiger partial charge >= 0.3 is 11.9 Å². The summed E-state index contributed by atoms with van der Waals surface area (Å²) in [5.74, 6) is 1.37. The first-order valence-electron chi connectivity index (χ1n) is 6.96. The molecule has 2 atom stereocenters. The molecule has 21 heavy (non-hydrogen) atoms. The normalized spacial score (nSPS) is 12.8. The van der Waals surface area contributed by atoms with Crippen LogP contribution in [0.15, 0.2) is 30.3 Å². The van der Waals surface area contributed by atoms with E-state index in [0.29, 0.717) is 6.42 Å². The minimum absolute atomic E-state index is 0.0144. The van der Waals surface area contributed by atoms with E-state index in [1.165, 1.54) is 0 Å². The first-order valence-corrected chi connectivity index (χ1v) is 6.96. The van der Waals surface area contributed by atoms with Crippen LogP contribution in [0.25, 0.3) is 0 Å². The fraction of sp³-hybridized carbons (Fsp3) is 0.412. The third kappa shape index (κ3) is 6.13. The van der Waals surface area contributed by atoms with Crippen molar-refractivity contribution in [1.29, 1.82) is 0 Å². The monoisotopic (exact) mass is 288 g/mol. The van der Waals surface area contributed by atoms with Crippen LogP contribution in [0.4, 0.5) is 0 Å². The summed E-state index contributed by atoms with van der Waals surface area (Å²) in [6.45, 7) is 3.53. The van der Waals surface area contributed by atoms with Gasteiger partial charge in [-0.2, -0.15) is 0 Å². The summed E-state index contributed by atoms with van der Waals surface area (Å²) < 4.78 is 10.3. The fourth-order valence-corrected chi connectivity index (χ4v) is 1.77. The van der Waals surface area contributed by atoms with Crippen LogP contribution in [0, 0.1) is 12.3 Å². The highest BCUT2D eigenvalue weighted by Crippen LogP contribution is 2.21. The molecule has 4 nitrogen and oxygen atoms in total. The Bertz CT molecular complexity index is 501. The standard InChI is InChI=1S/C17H20O4/c1-4-13(3)20-16(18)11-12-17(19)21-15(5-2)14-9-7-6-8-10-14/h1,6-10,13,15H,5,11-12H2,2-3H3. The highest BCUT2D eigenvalue weighted by molar-refractivity contribution is 5.78. The highest BCUT2D eigenvalue weighted by Gasteiger charge is 2.16. The summed E-state index contributed by atoms with van der Waals surface area (Å²) in [4.78, 5) is 23.2. The van der Waals surface area contributed by atoms with Gasteiger partial charge in [-0.05, 0) is 18.9 Å². The minimum Gasteiger partial charge on any atom is -0.457 e. The molecule has 0 amide bonds. The van der Waals surface area contributed by atoms with E-state index in [2.05, 4.69) is 5.92 Å². The first kappa shape index (κ1) is 16.8. The number of esters is 2. The van der Waals surface area contributed by atoms with Crippen LogP contribution in [-0.4, -0.2) is 18.0 Å². The molecule has 0 radical (unpaired) electrons. The van der Waals surface area contributed by atoms with Crippen molar-refractivity contribution in [3.05, 3.63) is 35.9 Å².